The Balaban J connectivity index is 1.52. The number of hydrogen-bond acceptors (Lipinski definition) is 7. The zero-order chi connectivity index (χ0) is 24.2. The molecule has 3 heterocycles. The van der Waals surface area contributed by atoms with E-state index in [1.54, 1.807) is 18.5 Å². The number of fused-ring (bicyclic) bond motifs is 1. The largest absolute Gasteiger partial charge is 0.474 e. The van der Waals surface area contributed by atoms with Gasteiger partial charge in [-0.1, -0.05) is 49.4 Å². The number of hydrogen-bond donors (Lipinski definition) is 1. The van der Waals surface area contributed by atoms with Crippen molar-refractivity contribution in [2.24, 2.45) is 0 Å². The average Bonchev–Trinajstić information content (AvgIpc) is 2.92. The van der Waals surface area contributed by atoms with Crippen LogP contribution in [0.15, 0.2) is 85.2 Å². The van der Waals surface area contributed by atoms with E-state index in [2.05, 4.69) is 16.0 Å². The van der Waals surface area contributed by atoms with Crippen LogP contribution in [0.1, 0.15) is 24.1 Å². The Bertz CT molecular complexity index is 1530. The predicted octanol–water partition coefficient (Wildman–Crippen LogP) is 5.39. The number of nitrogens with zero attached hydrogens (tertiary/aromatic N) is 5. The maximum Gasteiger partial charge on any atom is 0.257 e. The van der Waals surface area contributed by atoms with Crippen molar-refractivity contribution in [3.8, 4) is 34.5 Å². The van der Waals surface area contributed by atoms with Crippen molar-refractivity contribution in [1.82, 2.24) is 19.9 Å². The molecule has 1 atom stereocenters. The molecule has 5 aromatic rings. The summed E-state index contributed by atoms with van der Waals surface area (Å²) >= 11 is 0. The minimum atomic E-state index is -0.0343. The third kappa shape index (κ3) is 4.63. The van der Waals surface area contributed by atoms with Gasteiger partial charge in [0.15, 0.2) is 5.82 Å². The zero-order valence-electron chi connectivity index (χ0n) is 19.1. The van der Waals surface area contributed by atoms with Gasteiger partial charge in [0.25, 0.3) is 5.88 Å². The number of benzene rings is 2. The Hall–Kier alpha value is -4.83. The summed E-state index contributed by atoms with van der Waals surface area (Å²) in [6.07, 6.45) is 3.33. The number of anilines is 1. The van der Waals surface area contributed by atoms with Gasteiger partial charge in [0.05, 0.1) is 23.4 Å². The molecule has 0 fully saturated rings. The molecule has 7 heteroatoms. The topological polar surface area (TPSA) is 111 Å². The summed E-state index contributed by atoms with van der Waals surface area (Å²) in [6, 6.07) is 25.4. The molecule has 0 saturated heterocycles. The highest BCUT2D eigenvalue weighted by molar-refractivity contribution is 5.87. The van der Waals surface area contributed by atoms with Crippen LogP contribution in [0.3, 0.4) is 0 Å². The Morgan fingerprint density at radius 1 is 0.914 bits per heavy atom. The van der Waals surface area contributed by atoms with Gasteiger partial charge >= 0.3 is 0 Å². The lowest BCUT2D eigenvalue weighted by Gasteiger charge is -2.16. The van der Waals surface area contributed by atoms with Crippen molar-refractivity contribution >= 4 is 16.7 Å². The van der Waals surface area contributed by atoms with E-state index >= 15 is 0 Å². The van der Waals surface area contributed by atoms with Gasteiger partial charge in [0, 0.05) is 40.5 Å². The molecular weight excluding hydrogens is 436 g/mol. The molecule has 1 unspecified atom stereocenters. The molecule has 170 valence electrons. The molecule has 5 rings (SSSR count). The molecule has 0 spiro atoms. The molecule has 0 saturated carbocycles. The summed E-state index contributed by atoms with van der Waals surface area (Å²) in [5.74, 6) is 0.453. The number of nitrogens with two attached hydrogens (primary N) is 1. The third-order valence-electron chi connectivity index (χ3n) is 5.70. The van der Waals surface area contributed by atoms with Crippen LogP contribution in [0.5, 0.6) is 5.88 Å². The van der Waals surface area contributed by atoms with Crippen LogP contribution in [0, 0.1) is 11.3 Å². The van der Waals surface area contributed by atoms with Crippen molar-refractivity contribution in [1.29, 1.82) is 5.26 Å². The first kappa shape index (κ1) is 22.0. The van der Waals surface area contributed by atoms with E-state index in [1.165, 1.54) is 0 Å². The third-order valence-corrected chi connectivity index (χ3v) is 5.70. The van der Waals surface area contributed by atoms with Crippen LogP contribution in [-0.4, -0.2) is 26.5 Å². The highest BCUT2D eigenvalue weighted by Gasteiger charge is 2.18. The molecular formula is C28H22N6O. The SMILES string of the molecule is CC(COc1nc(-c2ccc3ncccc3c2)c(-c2ccccc2)nc1N)c1ccc(C#N)cn1. The van der Waals surface area contributed by atoms with Gasteiger partial charge in [-0.25, -0.2) is 9.97 Å². The van der Waals surface area contributed by atoms with E-state index in [-0.39, 0.29) is 17.6 Å². The van der Waals surface area contributed by atoms with E-state index in [9.17, 15) is 0 Å². The van der Waals surface area contributed by atoms with E-state index in [4.69, 9.17) is 25.7 Å². The lowest BCUT2D eigenvalue weighted by Crippen LogP contribution is -2.12. The van der Waals surface area contributed by atoms with Crippen LogP contribution in [0.2, 0.25) is 0 Å². The summed E-state index contributed by atoms with van der Waals surface area (Å²) in [6.45, 7) is 2.30. The van der Waals surface area contributed by atoms with Crippen molar-refractivity contribution < 1.29 is 4.74 Å². The summed E-state index contributed by atoms with van der Waals surface area (Å²) in [5, 5.41) is 9.99. The molecule has 2 aromatic carbocycles. The number of pyridine rings is 2. The molecule has 0 aliphatic carbocycles. The van der Waals surface area contributed by atoms with Gasteiger partial charge in [-0.3, -0.25) is 9.97 Å². The van der Waals surface area contributed by atoms with E-state index < -0.39 is 0 Å². The van der Waals surface area contributed by atoms with Crippen molar-refractivity contribution in [2.45, 2.75) is 12.8 Å². The van der Waals surface area contributed by atoms with Crippen molar-refractivity contribution in [3.05, 3.63) is 96.4 Å². The van der Waals surface area contributed by atoms with Crippen LogP contribution < -0.4 is 10.5 Å². The molecule has 0 amide bonds. The quantitative estimate of drug-likeness (QED) is 0.363. The normalized spacial score (nSPS) is 11.7. The zero-order valence-corrected chi connectivity index (χ0v) is 19.1. The van der Waals surface area contributed by atoms with Crippen molar-refractivity contribution in [2.75, 3.05) is 12.3 Å². The highest BCUT2D eigenvalue weighted by atomic mass is 16.5. The maximum atomic E-state index is 8.99. The Kier molecular flexibility index (Phi) is 6.01. The summed E-state index contributed by atoms with van der Waals surface area (Å²) in [4.78, 5) is 18.3. The first-order valence-corrected chi connectivity index (χ1v) is 11.2. The molecule has 0 radical (unpaired) electrons. The molecule has 0 bridgehead atoms. The average molecular weight is 459 g/mol. The van der Waals surface area contributed by atoms with Crippen molar-refractivity contribution in [3.63, 3.8) is 0 Å². The standard InChI is InChI=1S/C28H22N6O/c1-18(23-11-9-19(15-29)16-32-23)17-35-28-27(30)33-25(20-6-3-2-4-7-20)26(34-28)22-10-12-24-21(14-22)8-5-13-31-24/h2-14,16,18H,17H2,1H3,(H2,30,33). The van der Waals surface area contributed by atoms with Gasteiger partial charge in [-0.15, -0.1) is 0 Å². The first-order chi connectivity index (χ1) is 17.1. The molecule has 0 aliphatic heterocycles. The molecule has 2 N–H and O–H groups in total. The molecule has 35 heavy (non-hydrogen) atoms. The van der Waals surface area contributed by atoms with Crippen LogP contribution in [0.4, 0.5) is 5.82 Å². The highest BCUT2D eigenvalue weighted by Crippen LogP contribution is 2.34. The second-order valence-electron chi connectivity index (χ2n) is 8.18. The monoisotopic (exact) mass is 458 g/mol. The van der Waals surface area contributed by atoms with E-state index in [1.807, 2.05) is 73.7 Å². The fraction of sp³-hybridized carbons (Fsp3) is 0.107. The van der Waals surface area contributed by atoms with Gasteiger partial charge in [0.2, 0.25) is 0 Å². The summed E-state index contributed by atoms with van der Waals surface area (Å²) in [5.41, 5.74) is 11.7. The molecule has 0 aliphatic rings. The fourth-order valence-corrected chi connectivity index (χ4v) is 3.81. The Labute approximate surface area is 202 Å². The van der Waals surface area contributed by atoms with E-state index in [0.717, 1.165) is 27.7 Å². The van der Waals surface area contributed by atoms with Gasteiger partial charge in [0.1, 0.15) is 11.8 Å². The van der Waals surface area contributed by atoms with Crippen LogP contribution in [-0.2, 0) is 0 Å². The lowest BCUT2D eigenvalue weighted by molar-refractivity contribution is 0.284. The summed E-state index contributed by atoms with van der Waals surface area (Å²) < 4.78 is 6.03. The second kappa shape index (κ2) is 9.57. The van der Waals surface area contributed by atoms with Crippen LogP contribution in [0.25, 0.3) is 33.4 Å². The summed E-state index contributed by atoms with van der Waals surface area (Å²) in [7, 11) is 0. The number of ether oxygens (including phenoxy) is 1. The molecule has 3 aromatic heterocycles. The Morgan fingerprint density at radius 3 is 2.51 bits per heavy atom. The van der Waals surface area contributed by atoms with Gasteiger partial charge < -0.3 is 10.5 Å². The van der Waals surface area contributed by atoms with Crippen LogP contribution >= 0.6 is 0 Å². The predicted molar refractivity (Wildman–Crippen MR) is 135 cm³/mol. The minimum absolute atomic E-state index is 0.0343. The van der Waals surface area contributed by atoms with E-state index in [0.29, 0.717) is 23.6 Å². The lowest BCUT2D eigenvalue weighted by atomic mass is 10.0. The smallest absolute Gasteiger partial charge is 0.257 e. The Morgan fingerprint density at radius 2 is 1.74 bits per heavy atom. The number of nitrogen functional groups attached to an aromatic ring is 1. The maximum absolute atomic E-state index is 8.99. The first-order valence-electron chi connectivity index (χ1n) is 11.2. The number of nitriles is 1. The van der Waals surface area contributed by atoms with Gasteiger partial charge in [-0.2, -0.15) is 5.26 Å². The minimum Gasteiger partial charge on any atom is -0.474 e. The van der Waals surface area contributed by atoms with Gasteiger partial charge in [-0.05, 0) is 30.3 Å². The number of rotatable bonds is 6. The molecule has 7 nitrogen and oxygen atoms in total. The second-order valence-corrected chi connectivity index (χ2v) is 8.18. The fourth-order valence-electron chi connectivity index (χ4n) is 3.81. The number of aromatic nitrogens is 4.